The van der Waals surface area contributed by atoms with Gasteiger partial charge in [0, 0.05) is 49.8 Å². The molecule has 1 amide bonds. The SMILES string of the molecule is COc1cc(F)c([C@H]2CC(=O)N(c3ccc(=O)n(C)c3)C2)c(P)c1. The summed E-state index contributed by atoms with van der Waals surface area (Å²) in [5.41, 5.74) is 1.01. The summed E-state index contributed by atoms with van der Waals surface area (Å²) in [7, 11) is 5.63. The van der Waals surface area contributed by atoms with Crippen LogP contribution in [0.2, 0.25) is 0 Å². The lowest BCUT2D eigenvalue weighted by atomic mass is 9.97. The van der Waals surface area contributed by atoms with E-state index in [-0.39, 0.29) is 29.6 Å². The number of carbonyl (C=O) groups is 1. The zero-order valence-corrected chi connectivity index (χ0v) is 14.6. The molecule has 24 heavy (non-hydrogen) atoms. The predicted octanol–water partition coefficient (Wildman–Crippen LogP) is 1.55. The van der Waals surface area contributed by atoms with Crippen LogP contribution in [0.1, 0.15) is 17.9 Å². The molecule has 1 unspecified atom stereocenters. The van der Waals surface area contributed by atoms with Crippen molar-refractivity contribution in [3.63, 3.8) is 0 Å². The topological polar surface area (TPSA) is 51.5 Å². The highest BCUT2D eigenvalue weighted by atomic mass is 31.0. The van der Waals surface area contributed by atoms with Crippen molar-refractivity contribution in [2.24, 2.45) is 7.05 Å². The highest BCUT2D eigenvalue weighted by Gasteiger charge is 2.34. The van der Waals surface area contributed by atoms with Gasteiger partial charge in [-0.3, -0.25) is 9.59 Å². The molecule has 1 aromatic carbocycles. The zero-order chi connectivity index (χ0) is 17.4. The first kappa shape index (κ1) is 16.7. The van der Waals surface area contributed by atoms with E-state index in [4.69, 9.17) is 4.74 Å². The maximum absolute atomic E-state index is 14.5. The van der Waals surface area contributed by atoms with Gasteiger partial charge in [-0.15, -0.1) is 9.24 Å². The quantitative estimate of drug-likeness (QED) is 0.791. The molecule has 1 aliphatic heterocycles. The lowest BCUT2D eigenvalue weighted by Crippen LogP contribution is -2.27. The fraction of sp³-hybridized carbons (Fsp3) is 0.294. The van der Waals surface area contributed by atoms with Crippen LogP contribution in [0.15, 0.2) is 35.3 Å². The Kier molecular flexibility index (Phi) is 4.41. The zero-order valence-electron chi connectivity index (χ0n) is 13.5. The molecule has 0 N–H and O–H groups in total. The molecule has 7 heteroatoms. The third-order valence-corrected chi connectivity index (χ3v) is 4.76. The Morgan fingerprint density at radius 2 is 2.04 bits per heavy atom. The van der Waals surface area contributed by atoms with Gasteiger partial charge in [-0.1, -0.05) is 0 Å². The molecule has 1 fully saturated rings. The molecule has 2 atom stereocenters. The summed E-state index contributed by atoms with van der Waals surface area (Å²) < 4.78 is 20.9. The molecule has 0 radical (unpaired) electrons. The van der Waals surface area contributed by atoms with Crippen molar-refractivity contribution in [3.05, 3.63) is 52.2 Å². The standard InChI is InChI=1S/C17H18FN2O3P/c1-19-9-11(3-4-15(19)21)20-8-10(5-16(20)22)17-13(18)6-12(23-2)7-14(17)24/h3-4,6-7,9-10H,5,8,24H2,1-2H3/t10-/m0/s1. The van der Waals surface area contributed by atoms with Crippen molar-refractivity contribution in [2.75, 3.05) is 18.6 Å². The fourth-order valence-corrected chi connectivity index (χ4v) is 3.59. The molecule has 0 bridgehead atoms. The Bertz CT molecular complexity index is 842. The third-order valence-electron chi connectivity index (χ3n) is 4.29. The van der Waals surface area contributed by atoms with Gasteiger partial charge in [0.25, 0.3) is 0 Å². The minimum atomic E-state index is -0.375. The number of aromatic nitrogens is 1. The first-order valence-electron chi connectivity index (χ1n) is 7.50. The van der Waals surface area contributed by atoms with E-state index in [2.05, 4.69) is 9.24 Å². The van der Waals surface area contributed by atoms with Gasteiger partial charge in [0.1, 0.15) is 11.6 Å². The van der Waals surface area contributed by atoms with E-state index >= 15 is 0 Å². The minimum absolute atomic E-state index is 0.0849. The lowest BCUT2D eigenvalue weighted by Gasteiger charge is -2.19. The Labute approximate surface area is 141 Å². The third kappa shape index (κ3) is 2.94. The number of pyridine rings is 1. The largest absolute Gasteiger partial charge is 0.497 e. The van der Waals surface area contributed by atoms with Crippen LogP contribution in [-0.4, -0.2) is 24.1 Å². The molecule has 1 aliphatic rings. The van der Waals surface area contributed by atoms with Gasteiger partial charge in [0.05, 0.1) is 12.8 Å². The van der Waals surface area contributed by atoms with Gasteiger partial charge in [0.2, 0.25) is 11.5 Å². The molecule has 1 saturated heterocycles. The summed E-state index contributed by atoms with van der Waals surface area (Å²) in [6, 6.07) is 6.12. The monoisotopic (exact) mass is 348 g/mol. The van der Waals surface area contributed by atoms with Gasteiger partial charge >= 0.3 is 0 Å². The number of amides is 1. The Morgan fingerprint density at radius 3 is 2.67 bits per heavy atom. The average molecular weight is 348 g/mol. The van der Waals surface area contributed by atoms with Crippen LogP contribution in [-0.2, 0) is 11.8 Å². The number of nitrogens with zero attached hydrogens (tertiary/aromatic N) is 2. The van der Waals surface area contributed by atoms with Crippen LogP contribution in [0.4, 0.5) is 10.1 Å². The second kappa shape index (κ2) is 6.36. The highest BCUT2D eigenvalue weighted by molar-refractivity contribution is 7.27. The van der Waals surface area contributed by atoms with Crippen molar-refractivity contribution < 1.29 is 13.9 Å². The number of anilines is 1. The predicted molar refractivity (Wildman–Crippen MR) is 93.7 cm³/mol. The summed E-state index contributed by atoms with van der Waals surface area (Å²) in [5, 5.41) is 0.687. The summed E-state index contributed by atoms with van der Waals surface area (Å²) >= 11 is 0. The summed E-state index contributed by atoms with van der Waals surface area (Å²) in [6.45, 7) is 0.377. The first-order chi connectivity index (χ1) is 11.4. The molecule has 0 saturated carbocycles. The number of methoxy groups -OCH3 is 1. The molecule has 126 valence electrons. The van der Waals surface area contributed by atoms with Gasteiger partial charge < -0.3 is 14.2 Å². The molecule has 5 nitrogen and oxygen atoms in total. The Balaban J connectivity index is 1.92. The van der Waals surface area contributed by atoms with Crippen molar-refractivity contribution >= 4 is 26.1 Å². The van der Waals surface area contributed by atoms with E-state index in [1.165, 1.54) is 23.8 Å². The second-order valence-corrected chi connectivity index (χ2v) is 6.48. The van der Waals surface area contributed by atoms with Gasteiger partial charge in [-0.25, -0.2) is 4.39 Å². The van der Waals surface area contributed by atoms with E-state index in [0.717, 1.165) is 0 Å². The number of hydrogen-bond donors (Lipinski definition) is 0. The van der Waals surface area contributed by atoms with Crippen molar-refractivity contribution in [1.29, 1.82) is 0 Å². The molecule has 3 rings (SSSR count). The molecule has 0 spiro atoms. The van der Waals surface area contributed by atoms with E-state index in [1.54, 1.807) is 30.3 Å². The normalized spacial score (nSPS) is 17.4. The van der Waals surface area contributed by atoms with Crippen molar-refractivity contribution in [2.45, 2.75) is 12.3 Å². The number of benzene rings is 1. The van der Waals surface area contributed by atoms with E-state index in [9.17, 15) is 14.0 Å². The Morgan fingerprint density at radius 1 is 1.29 bits per heavy atom. The maximum Gasteiger partial charge on any atom is 0.250 e. The van der Waals surface area contributed by atoms with Crippen LogP contribution in [0.3, 0.4) is 0 Å². The van der Waals surface area contributed by atoms with Crippen LogP contribution >= 0.6 is 9.24 Å². The number of halogens is 1. The van der Waals surface area contributed by atoms with Crippen LogP contribution in [0.5, 0.6) is 5.75 Å². The van der Waals surface area contributed by atoms with Gasteiger partial charge in [-0.05, 0) is 17.4 Å². The van der Waals surface area contributed by atoms with E-state index in [0.29, 0.717) is 28.8 Å². The van der Waals surface area contributed by atoms with E-state index < -0.39 is 0 Å². The summed E-state index contributed by atoms with van der Waals surface area (Å²) in [5.74, 6) is -0.258. The van der Waals surface area contributed by atoms with Crippen molar-refractivity contribution in [3.8, 4) is 5.75 Å². The number of ether oxygens (including phenoxy) is 1. The molecule has 2 aromatic rings. The van der Waals surface area contributed by atoms with Crippen LogP contribution in [0, 0.1) is 5.82 Å². The number of hydrogen-bond acceptors (Lipinski definition) is 3. The smallest absolute Gasteiger partial charge is 0.250 e. The van der Waals surface area contributed by atoms with E-state index in [1.807, 2.05) is 0 Å². The summed E-state index contributed by atoms with van der Waals surface area (Å²) in [6.07, 6.45) is 1.85. The molecule has 2 heterocycles. The lowest BCUT2D eigenvalue weighted by molar-refractivity contribution is -0.117. The Hall–Kier alpha value is -2.20. The summed E-state index contributed by atoms with van der Waals surface area (Å²) in [4.78, 5) is 25.5. The average Bonchev–Trinajstić information content (AvgIpc) is 2.90. The molecule has 0 aliphatic carbocycles. The second-order valence-electron chi connectivity index (χ2n) is 5.85. The number of rotatable bonds is 3. The van der Waals surface area contributed by atoms with Crippen LogP contribution in [0.25, 0.3) is 0 Å². The fourth-order valence-electron chi connectivity index (χ4n) is 3.05. The van der Waals surface area contributed by atoms with Crippen molar-refractivity contribution in [1.82, 2.24) is 4.57 Å². The highest BCUT2D eigenvalue weighted by Crippen LogP contribution is 2.33. The minimum Gasteiger partial charge on any atom is -0.497 e. The maximum atomic E-state index is 14.5. The van der Waals surface area contributed by atoms with Gasteiger partial charge in [-0.2, -0.15) is 0 Å². The number of aryl methyl sites for hydroxylation is 1. The van der Waals surface area contributed by atoms with Crippen LogP contribution < -0.4 is 20.5 Å². The molecule has 1 aromatic heterocycles. The first-order valence-corrected chi connectivity index (χ1v) is 8.08. The van der Waals surface area contributed by atoms with Gasteiger partial charge in [0.15, 0.2) is 0 Å². The number of carbonyl (C=O) groups excluding carboxylic acids is 1. The molecular formula is C17H18FN2O3P. The molecular weight excluding hydrogens is 330 g/mol.